The first kappa shape index (κ1) is 12.7. The Labute approximate surface area is 107 Å². The van der Waals surface area contributed by atoms with E-state index in [2.05, 4.69) is 24.3 Å². The molecule has 1 aromatic rings. The van der Waals surface area contributed by atoms with Gasteiger partial charge in [0.2, 0.25) is 0 Å². The number of aliphatic hydroxyl groups is 1. The van der Waals surface area contributed by atoms with Crippen LogP contribution in [0.2, 0.25) is 0 Å². The second-order valence-corrected chi connectivity index (χ2v) is 5.51. The van der Waals surface area contributed by atoms with E-state index in [1.54, 1.807) is 0 Å². The number of ether oxygens (including phenoxy) is 1. The molecule has 92 valence electrons. The summed E-state index contributed by atoms with van der Waals surface area (Å²) in [6.45, 7) is 1.65. The van der Waals surface area contributed by atoms with Gasteiger partial charge < -0.3 is 9.84 Å². The summed E-state index contributed by atoms with van der Waals surface area (Å²) in [4.78, 5) is 0. The molecule has 3 heteroatoms. The van der Waals surface area contributed by atoms with Crippen LogP contribution < -0.4 is 0 Å². The molecule has 0 unspecified atom stereocenters. The lowest BCUT2D eigenvalue weighted by molar-refractivity contribution is -0.121. The van der Waals surface area contributed by atoms with Gasteiger partial charge in [0, 0.05) is 16.9 Å². The van der Waals surface area contributed by atoms with Gasteiger partial charge in [-0.3, -0.25) is 0 Å². The standard InChI is InChI=1S/C14H18O2S/c15-9-14(10-16-11-14)12-17-8-4-7-13-5-2-1-3-6-13/h1-7,15H,8-12H2/b7-4+. The highest BCUT2D eigenvalue weighted by atomic mass is 32.2. The molecule has 1 fully saturated rings. The summed E-state index contributed by atoms with van der Waals surface area (Å²) in [7, 11) is 0. The average Bonchev–Trinajstić information content (AvgIpc) is 2.33. The number of aliphatic hydroxyl groups excluding tert-OH is 1. The summed E-state index contributed by atoms with van der Waals surface area (Å²) in [5.41, 5.74) is 1.27. The van der Waals surface area contributed by atoms with Crippen LogP contribution in [0.4, 0.5) is 0 Å². The van der Waals surface area contributed by atoms with E-state index in [0.717, 1.165) is 11.5 Å². The lowest BCUT2D eigenvalue weighted by atomic mass is 9.90. The Kier molecular flexibility index (Phi) is 4.66. The van der Waals surface area contributed by atoms with Crippen molar-refractivity contribution in [3.05, 3.63) is 42.0 Å². The zero-order valence-corrected chi connectivity index (χ0v) is 10.7. The minimum atomic E-state index is 0.0330. The molecule has 17 heavy (non-hydrogen) atoms. The van der Waals surface area contributed by atoms with Crippen LogP contribution in [-0.4, -0.2) is 36.4 Å². The first-order valence-electron chi connectivity index (χ1n) is 5.83. The quantitative estimate of drug-likeness (QED) is 0.786. The van der Waals surface area contributed by atoms with Gasteiger partial charge in [-0.2, -0.15) is 11.8 Å². The maximum Gasteiger partial charge on any atom is 0.0575 e. The van der Waals surface area contributed by atoms with Crippen LogP contribution in [0, 0.1) is 5.41 Å². The van der Waals surface area contributed by atoms with Crippen LogP contribution >= 0.6 is 11.8 Å². The maximum atomic E-state index is 9.26. The first-order valence-corrected chi connectivity index (χ1v) is 6.98. The van der Waals surface area contributed by atoms with Crippen LogP contribution in [0.15, 0.2) is 36.4 Å². The van der Waals surface area contributed by atoms with E-state index >= 15 is 0 Å². The first-order chi connectivity index (χ1) is 8.35. The SMILES string of the molecule is OCC1(CSC/C=C/c2ccccc2)COC1. The van der Waals surface area contributed by atoms with Gasteiger partial charge in [-0.05, 0) is 5.56 Å². The molecule has 1 N–H and O–H groups in total. The van der Waals surface area contributed by atoms with E-state index in [-0.39, 0.29) is 12.0 Å². The second-order valence-electron chi connectivity index (χ2n) is 4.48. The van der Waals surface area contributed by atoms with Gasteiger partial charge in [0.15, 0.2) is 0 Å². The highest BCUT2D eigenvalue weighted by molar-refractivity contribution is 7.99. The van der Waals surface area contributed by atoms with Crippen molar-refractivity contribution in [2.24, 2.45) is 5.41 Å². The fourth-order valence-corrected chi connectivity index (χ4v) is 2.74. The summed E-state index contributed by atoms with van der Waals surface area (Å²) < 4.78 is 5.16. The molecule has 1 heterocycles. The fraction of sp³-hybridized carbons (Fsp3) is 0.429. The zero-order chi connectivity index (χ0) is 12.0. The monoisotopic (exact) mass is 250 g/mol. The number of rotatable bonds is 6. The molecule has 1 aliphatic rings. The van der Waals surface area contributed by atoms with Crippen LogP contribution in [0.25, 0.3) is 6.08 Å². The van der Waals surface area contributed by atoms with Crippen molar-refractivity contribution in [2.75, 3.05) is 31.3 Å². The fourth-order valence-electron chi connectivity index (χ4n) is 1.70. The molecule has 2 rings (SSSR count). The Morgan fingerprint density at radius 1 is 1.29 bits per heavy atom. The minimum absolute atomic E-state index is 0.0330. The predicted octanol–water partition coefficient (Wildman–Crippen LogP) is 2.44. The highest BCUT2D eigenvalue weighted by Crippen LogP contribution is 2.30. The average molecular weight is 250 g/mol. The Bertz CT molecular complexity index is 352. The van der Waals surface area contributed by atoms with Crippen molar-refractivity contribution in [2.45, 2.75) is 0 Å². The molecule has 1 aliphatic heterocycles. The van der Waals surface area contributed by atoms with Crippen molar-refractivity contribution < 1.29 is 9.84 Å². The maximum absolute atomic E-state index is 9.26. The minimum Gasteiger partial charge on any atom is -0.396 e. The van der Waals surface area contributed by atoms with Crippen LogP contribution in [0.5, 0.6) is 0 Å². The molecule has 0 radical (unpaired) electrons. The predicted molar refractivity (Wildman–Crippen MR) is 73.1 cm³/mol. The van der Waals surface area contributed by atoms with Gasteiger partial charge in [-0.1, -0.05) is 42.5 Å². The third kappa shape index (κ3) is 3.60. The largest absolute Gasteiger partial charge is 0.396 e. The summed E-state index contributed by atoms with van der Waals surface area (Å²) in [6.07, 6.45) is 4.31. The van der Waals surface area contributed by atoms with Crippen molar-refractivity contribution in [3.63, 3.8) is 0 Å². The molecular formula is C14H18O2S. The Morgan fingerprint density at radius 3 is 2.65 bits per heavy atom. The second kappa shape index (κ2) is 6.24. The Morgan fingerprint density at radius 2 is 2.06 bits per heavy atom. The normalized spacial score (nSPS) is 18.2. The van der Waals surface area contributed by atoms with Gasteiger partial charge >= 0.3 is 0 Å². The van der Waals surface area contributed by atoms with E-state index < -0.39 is 0 Å². The number of benzene rings is 1. The third-order valence-electron chi connectivity index (χ3n) is 2.88. The van der Waals surface area contributed by atoms with E-state index in [4.69, 9.17) is 4.74 Å². The van der Waals surface area contributed by atoms with Crippen LogP contribution in [-0.2, 0) is 4.74 Å². The number of thioether (sulfide) groups is 1. The van der Waals surface area contributed by atoms with Crippen LogP contribution in [0.1, 0.15) is 5.56 Å². The molecule has 1 saturated heterocycles. The molecule has 0 saturated carbocycles. The van der Waals surface area contributed by atoms with Gasteiger partial charge in [0.25, 0.3) is 0 Å². The Hall–Kier alpha value is -0.770. The molecular weight excluding hydrogens is 232 g/mol. The smallest absolute Gasteiger partial charge is 0.0575 e. The summed E-state index contributed by atoms with van der Waals surface area (Å²) in [5, 5.41) is 9.26. The third-order valence-corrected chi connectivity index (χ3v) is 4.13. The van der Waals surface area contributed by atoms with Gasteiger partial charge in [0.05, 0.1) is 19.8 Å². The van der Waals surface area contributed by atoms with E-state index in [1.807, 2.05) is 30.0 Å². The van der Waals surface area contributed by atoms with Crippen molar-refractivity contribution in [1.82, 2.24) is 0 Å². The van der Waals surface area contributed by atoms with Crippen LogP contribution in [0.3, 0.4) is 0 Å². The lowest BCUT2D eigenvalue weighted by Gasteiger charge is -2.39. The molecule has 0 spiro atoms. The number of hydrogen-bond donors (Lipinski definition) is 1. The van der Waals surface area contributed by atoms with Gasteiger partial charge in [-0.25, -0.2) is 0 Å². The molecule has 0 aromatic heterocycles. The molecule has 0 amide bonds. The number of hydrogen-bond acceptors (Lipinski definition) is 3. The summed E-state index contributed by atoms with van der Waals surface area (Å²) in [6, 6.07) is 10.3. The lowest BCUT2D eigenvalue weighted by Crippen LogP contribution is -2.47. The summed E-state index contributed by atoms with van der Waals surface area (Å²) >= 11 is 1.85. The van der Waals surface area contributed by atoms with E-state index in [9.17, 15) is 5.11 Å². The molecule has 0 atom stereocenters. The topological polar surface area (TPSA) is 29.5 Å². The zero-order valence-electron chi connectivity index (χ0n) is 9.84. The van der Waals surface area contributed by atoms with E-state index in [1.165, 1.54) is 5.56 Å². The highest BCUT2D eigenvalue weighted by Gasteiger charge is 2.37. The Balaban J connectivity index is 1.68. The van der Waals surface area contributed by atoms with Gasteiger partial charge in [-0.15, -0.1) is 0 Å². The van der Waals surface area contributed by atoms with Crippen molar-refractivity contribution in [1.29, 1.82) is 0 Å². The van der Waals surface area contributed by atoms with E-state index in [0.29, 0.717) is 13.2 Å². The molecule has 0 aliphatic carbocycles. The van der Waals surface area contributed by atoms with Crippen molar-refractivity contribution in [3.8, 4) is 0 Å². The van der Waals surface area contributed by atoms with Crippen molar-refractivity contribution >= 4 is 17.8 Å². The molecule has 0 bridgehead atoms. The molecule has 1 aromatic carbocycles. The summed E-state index contributed by atoms with van der Waals surface area (Å²) in [5.74, 6) is 1.96. The molecule has 2 nitrogen and oxygen atoms in total. The van der Waals surface area contributed by atoms with Gasteiger partial charge in [0.1, 0.15) is 0 Å².